The molecule has 1 aromatic rings. The first-order valence-electron chi connectivity index (χ1n) is 7.39. The minimum Gasteiger partial charge on any atom is -0.356 e. The third kappa shape index (κ3) is 6.65. The Morgan fingerprint density at radius 3 is 2.50 bits per heavy atom. The summed E-state index contributed by atoms with van der Waals surface area (Å²) in [5.74, 6) is -2.01. The molecule has 1 unspecified atom stereocenters. The Morgan fingerprint density at radius 1 is 1.14 bits per heavy atom. The molecule has 4 nitrogen and oxygen atoms in total. The van der Waals surface area contributed by atoms with Gasteiger partial charge in [0.25, 0.3) is 0 Å². The molecule has 2 amide bonds. The Morgan fingerprint density at radius 2 is 1.86 bits per heavy atom. The fourth-order valence-electron chi connectivity index (χ4n) is 2.03. The van der Waals surface area contributed by atoms with E-state index in [1.54, 1.807) is 6.92 Å². The molecular weight excluding hydrogens is 290 g/mol. The molecule has 0 spiro atoms. The van der Waals surface area contributed by atoms with Gasteiger partial charge in [0.05, 0.1) is 6.04 Å². The second-order valence-electron chi connectivity index (χ2n) is 5.26. The van der Waals surface area contributed by atoms with Gasteiger partial charge in [-0.1, -0.05) is 12.5 Å². The van der Waals surface area contributed by atoms with E-state index in [0.29, 0.717) is 18.5 Å². The Bertz CT molecular complexity index is 521. The van der Waals surface area contributed by atoms with Gasteiger partial charge in [-0.3, -0.25) is 9.59 Å². The Hall–Kier alpha value is -1.98. The molecule has 1 rings (SSSR count). The van der Waals surface area contributed by atoms with Gasteiger partial charge in [0.15, 0.2) is 11.6 Å². The van der Waals surface area contributed by atoms with Crippen molar-refractivity contribution >= 4 is 11.8 Å². The van der Waals surface area contributed by atoms with Crippen LogP contribution in [0.25, 0.3) is 0 Å². The maximum Gasteiger partial charge on any atom is 0.220 e. The molecule has 0 aliphatic heterocycles. The highest BCUT2D eigenvalue weighted by Crippen LogP contribution is 2.16. The van der Waals surface area contributed by atoms with Crippen molar-refractivity contribution in [2.24, 2.45) is 0 Å². The topological polar surface area (TPSA) is 58.2 Å². The van der Waals surface area contributed by atoms with Gasteiger partial charge in [0, 0.05) is 19.9 Å². The molecule has 0 aliphatic carbocycles. The van der Waals surface area contributed by atoms with Gasteiger partial charge >= 0.3 is 0 Å². The van der Waals surface area contributed by atoms with Crippen molar-refractivity contribution in [3.8, 4) is 0 Å². The molecule has 0 aromatic heterocycles. The van der Waals surface area contributed by atoms with Crippen LogP contribution in [-0.4, -0.2) is 18.4 Å². The van der Waals surface area contributed by atoms with Gasteiger partial charge < -0.3 is 10.6 Å². The summed E-state index contributed by atoms with van der Waals surface area (Å²) in [6.45, 7) is 3.80. The van der Waals surface area contributed by atoms with E-state index in [1.807, 2.05) is 0 Å². The van der Waals surface area contributed by atoms with Crippen molar-refractivity contribution in [2.45, 2.75) is 45.6 Å². The van der Waals surface area contributed by atoms with Gasteiger partial charge in [-0.15, -0.1) is 0 Å². The van der Waals surface area contributed by atoms with E-state index in [9.17, 15) is 18.4 Å². The van der Waals surface area contributed by atoms with E-state index in [0.717, 1.165) is 31.4 Å². The van der Waals surface area contributed by atoms with Crippen LogP contribution in [0.2, 0.25) is 0 Å². The predicted octanol–water partition coefficient (Wildman–Crippen LogP) is 2.84. The van der Waals surface area contributed by atoms with Crippen LogP contribution in [0.5, 0.6) is 0 Å². The van der Waals surface area contributed by atoms with Crippen molar-refractivity contribution in [3.63, 3.8) is 0 Å². The van der Waals surface area contributed by atoms with E-state index >= 15 is 0 Å². The van der Waals surface area contributed by atoms with Crippen LogP contribution in [0, 0.1) is 11.6 Å². The summed E-state index contributed by atoms with van der Waals surface area (Å²) in [6, 6.07) is 3.22. The predicted molar refractivity (Wildman–Crippen MR) is 80.1 cm³/mol. The number of unbranched alkanes of at least 4 members (excludes halogenated alkanes) is 2. The average Bonchev–Trinajstić information content (AvgIpc) is 2.45. The minimum absolute atomic E-state index is 0.0573. The van der Waals surface area contributed by atoms with Crippen LogP contribution in [0.3, 0.4) is 0 Å². The fraction of sp³-hybridized carbons (Fsp3) is 0.500. The van der Waals surface area contributed by atoms with Crippen LogP contribution in [0.1, 0.15) is 51.1 Å². The molecular formula is C16H22F2N2O2. The van der Waals surface area contributed by atoms with E-state index in [4.69, 9.17) is 0 Å². The highest BCUT2D eigenvalue weighted by atomic mass is 19.2. The highest BCUT2D eigenvalue weighted by molar-refractivity contribution is 5.76. The summed E-state index contributed by atoms with van der Waals surface area (Å²) in [4.78, 5) is 22.4. The third-order valence-corrected chi connectivity index (χ3v) is 3.28. The monoisotopic (exact) mass is 312 g/mol. The summed E-state index contributed by atoms with van der Waals surface area (Å²) in [5.41, 5.74) is 0.526. The van der Waals surface area contributed by atoms with E-state index < -0.39 is 11.6 Å². The van der Waals surface area contributed by atoms with Gasteiger partial charge in [-0.25, -0.2) is 8.78 Å². The Labute approximate surface area is 129 Å². The lowest BCUT2D eigenvalue weighted by Gasteiger charge is -2.14. The van der Waals surface area contributed by atoms with E-state index in [1.165, 1.54) is 13.0 Å². The van der Waals surface area contributed by atoms with Crippen molar-refractivity contribution < 1.29 is 18.4 Å². The minimum atomic E-state index is -0.920. The first-order chi connectivity index (χ1) is 10.4. The van der Waals surface area contributed by atoms with Crippen molar-refractivity contribution in [1.29, 1.82) is 0 Å². The standard InChI is InChI=1S/C16H22F2N2O2/c1-11(13-7-8-14(17)15(18)10-13)20-16(22)6-4-3-5-9-19-12(2)21/h7-8,10-11H,3-6,9H2,1-2H3,(H,19,21)(H,20,22). The summed E-state index contributed by atoms with van der Waals surface area (Å²) in [7, 11) is 0. The van der Waals surface area contributed by atoms with E-state index in [2.05, 4.69) is 10.6 Å². The average molecular weight is 312 g/mol. The van der Waals surface area contributed by atoms with Gasteiger partial charge in [-0.05, 0) is 37.5 Å². The molecule has 1 atom stereocenters. The molecule has 2 N–H and O–H groups in total. The van der Waals surface area contributed by atoms with Gasteiger partial charge in [-0.2, -0.15) is 0 Å². The molecule has 1 aromatic carbocycles. The number of hydrogen-bond acceptors (Lipinski definition) is 2. The van der Waals surface area contributed by atoms with Crippen LogP contribution >= 0.6 is 0 Å². The number of amides is 2. The van der Waals surface area contributed by atoms with Crippen LogP contribution in [0.4, 0.5) is 8.78 Å². The molecule has 0 saturated heterocycles. The number of halogens is 2. The Kier molecular flexibility index (Phi) is 7.49. The second kappa shape index (κ2) is 9.12. The molecule has 122 valence electrons. The number of carbonyl (C=O) groups is 2. The van der Waals surface area contributed by atoms with Gasteiger partial charge in [0.1, 0.15) is 0 Å². The summed E-state index contributed by atoms with van der Waals surface area (Å²) >= 11 is 0. The molecule has 0 fully saturated rings. The zero-order valence-corrected chi connectivity index (χ0v) is 12.9. The van der Waals surface area contributed by atoms with Crippen molar-refractivity contribution in [1.82, 2.24) is 10.6 Å². The number of carbonyl (C=O) groups excluding carboxylic acids is 2. The van der Waals surface area contributed by atoms with Crippen molar-refractivity contribution in [3.05, 3.63) is 35.4 Å². The highest BCUT2D eigenvalue weighted by Gasteiger charge is 2.11. The second-order valence-corrected chi connectivity index (χ2v) is 5.26. The molecule has 0 radical (unpaired) electrons. The zero-order valence-electron chi connectivity index (χ0n) is 12.9. The maximum absolute atomic E-state index is 13.1. The van der Waals surface area contributed by atoms with E-state index in [-0.39, 0.29) is 17.9 Å². The van der Waals surface area contributed by atoms with Crippen LogP contribution < -0.4 is 10.6 Å². The van der Waals surface area contributed by atoms with Crippen LogP contribution in [0.15, 0.2) is 18.2 Å². The number of nitrogens with one attached hydrogen (secondary N) is 2. The molecule has 0 heterocycles. The summed E-state index contributed by atoms with van der Waals surface area (Å²) in [6.07, 6.45) is 2.75. The SMILES string of the molecule is CC(=O)NCCCCCC(=O)NC(C)c1ccc(F)c(F)c1. The summed E-state index contributed by atoms with van der Waals surface area (Å²) < 4.78 is 26.0. The number of rotatable bonds is 8. The molecule has 0 bridgehead atoms. The smallest absolute Gasteiger partial charge is 0.220 e. The molecule has 0 aliphatic rings. The van der Waals surface area contributed by atoms with Crippen LogP contribution in [-0.2, 0) is 9.59 Å². The first-order valence-corrected chi connectivity index (χ1v) is 7.39. The quantitative estimate of drug-likeness (QED) is 0.725. The largest absolute Gasteiger partial charge is 0.356 e. The maximum atomic E-state index is 13.1. The fourth-order valence-corrected chi connectivity index (χ4v) is 2.03. The first kappa shape index (κ1) is 18.1. The lowest BCUT2D eigenvalue weighted by molar-refractivity contribution is -0.122. The number of hydrogen-bond donors (Lipinski definition) is 2. The molecule has 22 heavy (non-hydrogen) atoms. The third-order valence-electron chi connectivity index (χ3n) is 3.28. The van der Waals surface area contributed by atoms with Gasteiger partial charge in [0.2, 0.25) is 11.8 Å². The Balaban J connectivity index is 2.26. The summed E-state index contributed by atoms with van der Waals surface area (Å²) in [5, 5.41) is 5.45. The van der Waals surface area contributed by atoms with Crippen molar-refractivity contribution in [2.75, 3.05) is 6.54 Å². The number of benzene rings is 1. The zero-order chi connectivity index (χ0) is 16.5. The molecule has 6 heteroatoms. The lowest BCUT2D eigenvalue weighted by atomic mass is 10.1. The normalized spacial score (nSPS) is 11.8. The molecule has 0 saturated carbocycles. The lowest BCUT2D eigenvalue weighted by Crippen LogP contribution is -2.26.